The zero-order chi connectivity index (χ0) is 42.6. The zero-order valence-electron chi connectivity index (χ0n) is 42.1. The third kappa shape index (κ3) is 11.1. The summed E-state index contributed by atoms with van der Waals surface area (Å²) in [5, 5.41) is 17.1. The van der Waals surface area contributed by atoms with E-state index in [2.05, 4.69) is 203 Å². The fourth-order valence-electron chi connectivity index (χ4n) is 9.96. The summed E-state index contributed by atoms with van der Waals surface area (Å²) in [6.45, 7) is 64.4. The maximum Gasteiger partial charge on any atom is 4.00 e. The van der Waals surface area contributed by atoms with Crippen molar-refractivity contribution in [2.75, 3.05) is 0 Å². The van der Waals surface area contributed by atoms with Crippen LogP contribution in [0.3, 0.4) is 0 Å². The Morgan fingerprint density at radius 2 is 0.542 bits per heavy atom. The molecule has 0 atom stereocenters. The second-order valence-electron chi connectivity index (χ2n) is 23.8. The Morgan fingerprint density at radius 3 is 0.712 bits per heavy atom. The number of halogens is 3. The van der Waals surface area contributed by atoms with E-state index in [-0.39, 0.29) is 58.9 Å². The number of aryl methyl sites for hydroxylation is 3. The van der Waals surface area contributed by atoms with Gasteiger partial charge < -0.3 is 37.2 Å². The van der Waals surface area contributed by atoms with Crippen molar-refractivity contribution in [3.05, 3.63) is 75.3 Å². The number of benzene rings is 3. The first-order valence-corrected chi connectivity index (χ1v) is 44.2. The largest absolute Gasteiger partial charge is 4.00 e. The van der Waals surface area contributed by atoms with Gasteiger partial charge in [0.25, 0.3) is 0 Å². The van der Waals surface area contributed by atoms with Crippen LogP contribution >= 0.6 is 0 Å². The van der Waals surface area contributed by atoms with Crippen molar-refractivity contribution in [1.82, 2.24) is 0 Å². The molecule has 0 aliphatic heterocycles. The Kier molecular flexibility index (Phi) is 19.3. The molecule has 0 nitrogen and oxygen atoms in total. The predicted molar refractivity (Wildman–Crippen MR) is 277 cm³/mol. The molecule has 4 aromatic carbocycles. The van der Waals surface area contributed by atoms with Gasteiger partial charge in [-0.2, -0.15) is 27.4 Å². The van der Waals surface area contributed by atoms with Crippen molar-refractivity contribution in [3.63, 3.8) is 0 Å². The Labute approximate surface area is 405 Å². The molecular formula is C48H81Cl3Si7Ti. The molecule has 0 fully saturated rings. The molecule has 0 radical (unpaired) electrons. The van der Waals surface area contributed by atoms with Crippen molar-refractivity contribution in [2.24, 2.45) is 0 Å². The molecular weight excluding hydrogens is 927 g/mol. The first-order valence-electron chi connectivity index (χ1n) is 21.2. The van der Waals surface area contributed by atoms with E-state index in [0.29, 0.717) is 0 Å². The smallest absolute Gasteiger partial charge is 1.00 e. The number of hydrogen-bond acceptors (Lipinski definition) is 0. The van der Waals surface area contributed by atoms with Gasteiger partial charge in [0.1, 0.15) is 0 Å². The Bertz CT molecular complexity index is 1920. The minimum atomic E-state index is -3.09. The van der Waals surface area contributed by atoms with E-state index < -0.39 is 56.5 Å². The second-order valence-corrected chi connectivity index (χ2v) is 57.6. The maximum absolute atomic E-state index is 3.09. The summed E-state index contributed by atoms with van der Waals surface area (Å²) >= 11 is 0. The molecule has 0 aromatic heterocycles. The van der Waals surface area contributed by atoms with Crippen molar-refractivity contribution in [3.8, 4) is 0 Å². The van der Waals surface area contributed by atoms with Gasteiger partial charge in [-0.1, -0.05) is 230 Å². The monoisotopic (exact) mass is 1010 g/mol. The van der Waals surface area contributed by atoms with Crippen molar-refractivity contribution < 1.29 is 58.9 Å². The quantitative estimate of drug-likeness (QED) is 0.111. The minimum Gasteiger partial charge on any atom is -1.00 e. The van der Waals surface area contributed by atoms with Gasteiger partial charge in [0, 0.05) is 0 Å². The summed E-state index contributed by atoms with van der Waals surface area (Å²) in [4.78, 5) is 0. The zero-order valence-corrected chi connectivity index (χ0v) is 52.9. The summed E-state index contributed by atoms with van der Waals surface area (Å²) in [5.41, 5.74) is 10.7. The molecule has 0 bridgehead atoms. The molecule has 0 N–H and O–H groups in total. The van der Waals surface area contributed by atoms with E-state index in [4.69, 9.17) is 0 Å². The summed E-state index contributed by atoms with van der Waals surface area (Å²) in [6, 6.07) is 17.0. The maximum atomic E-state index is 2.90. The molecule has 4 rings (SSSR count). The molecule has 0 spiro atoms. The molecule has 0 saturated heterocycles. The molecule has 4 aromatic rings. The van der Waals surface area contributed by atoms with Crippen LogP contribution in [0.25, 0.3) is 0 Å². The van der Waals surface area contributed by atoms with Gasteiger partial charge in [-0.15, -0.1) is 0 Å². The fraction of sp³-hybridized carbons (Fsp3) is 0.521. The van der Waals surface area contributed by atoms with Crippen LogP contribution < -0.4 is 89.1 Å². The SMILES string of the molecule is Cc1cc([Si](C)(C)C)c([Si](c2cc([Si](C)(C)C)c(C)cc2[Si](C)(C)C)(c2cc([Si](C)(C)C)c(C)cc2[Si](C)(C)C)c2c(C)c(C)c(C)[c-]2C)cc1[Si](C)(C)C.[Cl-].[Cl-].[Cl-].[Ti+4]. The van der Waals surface area contributed by atoms with E-state index in [9.17, 15) is 0 Å². The van der Waals surface area contributed by atoms with Gasteiger partial charge in [0.2, 0.25) is 0 Å². The average Bonchev–Trinajstić information content (AvgIpc) is 3.17. The first kappa shape index (κ1) is 59.1. The van der Waals surface area contributed by atoms with Gasteiger partial charge in [0.05, 0.1) is 48.4 Å². The third-order valence-electron chi connectivity index (χ3n) is 13.0. The predicted octanol–water partition coefficient (Wildman–Crippen LogP) is -0.777. The standard InChI is InChI=1S/C48H81Si7.3ClH.Ti/c1-32-26-42(52(17,18)19)45(29-39(32)49(8,9)10)55(48-37(6)35(4)36(5)38(48)7,46-30-40(50(11,12)13)33(2)27-43(46)53(20,21)22)47-31-41(51(14,15)16)34(3)28-44(47)54(23,24)25;;;;/h26-31H,1-25H3;3*1H;/q-1;;;;+4/p-3. The first-order chi connectivity index (χ1) is 24.5. The van der Waals surface area contributed by atoms with E-state index in [1.807, 2.05) is 0 Å². The van der Waals surface area contributed by atoms with E-state index >= 15 is 0 Å². The topological polar surface area (TPSA) is 0 Å². The summed E-state index contributed by atoms with van der Waals surface area (Å²) in [6.07, 6.45) is 0. The van der Waals surface area contributed by atoms with Crippen LogP contribution in [0, 0.1) is 48.5 Å². The van der Waals surface area contributed by atoms with Crippen LogP contribution in [0.15, 0.2) is 36.4 Å². The van der Waals surface area contributed by atoms with Gasteiger partial charge in [-0.25, -0.2) is 0 Å². The Hall–Kier alpha value is 0.112. The molecule has 326 valence electrons. The Balaban J connectivity index is 0.00000841. The summed E-state index contributed by atoms with van der Waals surface area (Å²) in [5.74, 6) is 0. The van der Waals surface area contributed by atoms with Crippen molar-refractivity contribution in [1.29, 1.82) is 0 Å². The van der Waals surface area contributed by atoms with E-state index in [0.717, 1.165) is 0 Å². The third-order valence-corrected chi connectivity index (χ3v) is 31.4. The van der Waals surface area contributed by atoms with Gasteiger partial charge >= 0.3 is 21.7 Å². The van der Waals surface area contributed by atoms with Gasteiger partial charge in [0.15, 0.2) is 8.07 Å². The van der Waals surface area contributed by atoms with Crippen LogP contribution in [0.1, 0.15) is 38.9 Å². The van der Waals surface area contributed by atoms with Crippen molar-refractivity contribution >= 4 is 108 Å². The van der Waals surface area contributed by atoms with Crippen LogP contribution in [0.2, 0.25) is 118 Å². The average molecular weight is 1010 g/mol. The fourth-order valence-corrected chi connectivity index (χ4v) is 31.2. The van der Waals surface area contributed by atoms with Crippen molar-refractivity contribution in [2.45, 2.75) is 166 Å². The van der Waals surface area contributed by atoms with Gasteiger partial charge in [-0.05, 0) is 36.3 Å². The molecule has 0 heterocycles. The van der Waals surface area contributed by atoms with Crippen LogP contribution in [0.5, 0.6) is 0 Å². The summed E-state index contributed by atoms with van der Waals surface area (Å²) < 4.78 is 0. The van der Waals surface area contributed by atoms with E-state index in [1.54, 1.807) is 63.0 Å². The summed E-state index contributed by atoms with van der Waals surface area (Å²) in [7, 11) is -14.0. The number of rotatable bonds is 10. The molecule has 59 heavy (non-hydrogen) atoms. The molecule has 0 unspecified atom stereocenters. The molecule has 0 amide bonds. The van der Waals surface area contributed by atoms with E-state index in [1.165, 1.54) is 27.8 Å². The van der Waals surface area contributed by atoms with Crippen LogP contribution in [0.4, 0.5) is 0 Å². The normalized spacial score (nSPS) is 13.0. The van der Waals surface area contributed by atoms with Crippen LogP contribution in [-0.2, 0) is 21.7 Å². The number of hydrogen-bond donors (Lipinski definition) is 0. The molecule has 11 heteroatoms. The van der Waals surface area contributed by atoms with Gasteiger partial charge in [-0.3, -0.25) is 0 Å². The molecule has 0 saturated carbocycles. The minimum absolute atomic E-state index is 0. The second kappa shape index (κ2) is 19.3. The molecule has 0 aliphatic rings. The van der Waals surface area contributed by atoms with Crippen LogP contribution in [-0.4, -0.2) is 56.5 Å². The Morgan fingerprint density at radius 1 is 0.322 bits per heavy atom. The molecule has 0 aliphatic carbocycles.